The van der Waals surface area contributed by atoms with Crippen molar-refractivity contribution in [3.8, 4) is 17.1 Å². The first-order chi connectivity index (χ1) is 12.7. The highest BCUT2D eigenvalue weighted by atomic mass is 32.2. The molecule has 7 heteroatoms. The minimum Gasteiger partial charge on any atom is -0.497 e. The van der Waals surface area contributed by atoms with Crippen molar-refractivity contribution in [1.29, 1.82) is 0 Å². The molecular formula is C19H16N4O2S. The molecule has 130 valence electrons. The van der Waals surface area contributed by atoms with Crippen LogP contribution in [0.5, 0.6) is 5.75 Å². The third-order valence-electron chi connectivity index (χ3n) is 3.81. The molecule has 0 N–H and O–H groups in total. The van der Waals surface area contributed by atoms with Crippen LogP contribution in [-0.2, 0) is 5.75 Å². The number of ether oxygens (including phenoxy) is 1. The number of aryl methyl sites for hydroxylation is 1. The van der Waals surface area contributed by atoms with Gasteiger partial charge in [-0.3, -0.25) is 0 Å². The Labute approximate surface area is 154 Å². The van der Waals surface area contributed by atoms with Gasteiger partial charge in [-0.15, -0.1) is 0 Å². The number of nitrogens with zero attached hydrogens (tertiary/aromatic N) is 4. The van der Waals surface area contributed by atoms with Gasteiger partial charge in [0.25, 0.3) is 0 Å². The summed E-state index contributed by atoms with van der Waals surface area (Å²) in [5.41, 5.74) is 1.79. The Morgan fingerprint density at radius 2 is 1.92 bits per heavy atom. The molecule has 0 fully saturated rings. The van der Waals surface area contributed by atoms with Crippen LogP contribution >= 0.6 is 11.8 Å². The predicted molar refractivity (Wildman–Crippen MR) is 100 cm³/mol. The van der Waals surface area contributed by atoms with Gasteiger partial charge in [0.2, 0.25) is 11.7 Å². The summed E-state index contributed by atoms with van der Waals surface area (Å²) in [5, 5.41) is 6.00. The van der Waals surface area contributed by atoms with Crippen molar-refractivity contribution in [2.75, 3.05) is 7.11 Å². The first-order valence-corrected chi connectivity index (χ1v) is 9.04. The molecule has 4 rings (SSSR count). The number of fused-ring (bicyclic) bond motifs is 1. The molecule has 0 saturated carbocycles. The van der Waals surface area contributed by atoms with Crippen LogP contribution in [0, 0.1) is 6.92 Å². The van der Waals surface area contributed by atoms with Gasteiger partial charge in [-0.2, -0.15) is 4.98 Å². The fourth-order valence-corrected chi connectivity index (χ4v) is 3.49. The SMILES string of the molecule is COc1cccc(-c2noc(CSc3nc(C)nc4ccccc34)n2)c1. The van der Waals surface area contributed by atoms with E-state index in [0.29, 0.717) is 17.5 Å². The number of methoxy groups -OCH3 is 1. The smallest absolute Gasteiger partial charge is 0.237 e. The molecule has 2 aromatic carbocycles. The number of aromatic nitrogens is 4. The van der Waals surface area contributed by atoms with Gasteiger partial charge in [0.1, 0.15) is 16.6 Å². The molecule has 0 aliphatic carbocycles. The second kappa shape index (κ2) is 7.13. The second-order valence-corrected chi connectivity index (χ2v) is 6.59. The maximum atomic E-state index is 5.39. The molecule has 0 atom stereocenters. The van der Waals surface area contributed by atoms with E-state index >= 15 is 0 Å². The third kappa shape index (κ3) is 3.39. The second-order valence-electron chi connectivity index (χ2n) is 5.63. The molecular weight excluding hydrogens is 348 g/mol. The quantitative estimate of drug-likeness (QED) is 0.386. The van der Waals surface area contributed by atoms with Crippen molar-refractivity contribution in [1.82, 2.24) is 20.1 Å². The van der Waals surface area contributed by atoms with Gasteiger partial charge < -0.3 is 9.26 Å². The van der Waals surface area contributed by atoms with E-state index in [1.54, 1.807) is 18.9 Å². The minimum atomic E-state index is 0.539. The van der Waals surface area contributed by atoms with Crippen LogP contribution in [0.25, 0.3) is 22.3 Å². The average molecular weight is 364 g/mol. The fourth-order valence-electron chi connectivity index (χ4n) is 2.59. The summed E-state index contributed by atoms with van der Waals surface area (Å²) >= 11 is 1.56. The van der Waals surface area contributed by atoms with Crippen LogP contribution in [0.2, 0.25) is 0 Å². The van der Waals surface area contributed by atoms with Crippen LogP contribution in [0.15, 0.2) is 58.1 Å². The lowest BCUT2D eigenvalue weighted by Crippen LogP contribution is -1.93. The topological polar surface area (TPSA) is 73.9 Å². The standard InChI is InChI=1S/C19H16N4O2S/c1-12-20-16-9-4-3-8-15(16)19(21-12)26-11-17-22-18(23-25-17)13-6-5-7-14(10-13)24-2/h3-10H,11H2,1-2H3. The van der Waals surface area contributed by atoms with Crippen LogP contribution < -0.4 is 4.74 Å². The molecule has 2 heterocycles. The van der Waals surface area contributed by atoms with Crippen molar-refractivity contribution in [3.05, 3.63) is 60.2 Å². The Hall–Kier alpha value is -2.93. The predicted octanol–water partition coefficient (Wildman–Crippen LogP) is 4.29. The van der Waals surface area contributed by atoms with Gasteiger partial charge >= 0.3 is 0 Å². The van der Waals surface area contributed by atoms with Crippen LogP contribution in [0.3, 0.4) is 0 Å². The maximum absolute atomic E-state index is 5.39. The first kappa shape index (κ1) is 16.5. The Kier molecular flexibility index (Phi) is 4.53. The van der Waals surface area contributed by atoms with Gasteiger partial charge in [0.05, 0.1) is 18.4 Å². The normalized spacial score (nSPS) is 11.0. The van der Waals surface area contributed by atoms with E-state index in [0.717, 1.165) is 33.1 Å². The summed E-state index contributed by atoms with van der Waals surface area (Å²) in [6, 6.07) is 15.5. The van der Waals surface area contributed by atoms with E-state index < -0.39 is 0 Å². The zero-order valence-corrected chi connectivity index (χ0v) is 15.2. The van der Waals surface area contributed by atoms with Crippen molar-refractivity contribution in [3.63, 3.8) is 0 Å². The van der Waals surface area contributed by atoms with Gasteiger partial charge in [-0.1, -0.05) is 47.3 Å². The van der Waals surface area contributed by atoms with Crippen molar-refractivity contribution in [2.24, 2.45) is 0 Å². The number of hydrogen-bond donors (Lipinski definition) is 0. The molecule has 26 heavy (non-hydrogen) atoms. The third-order valence-corrected chi connectivity index (χ3v) is 4.78. The fraction of sp³-hybridized carbons (Fsp3) is 0.158. The highest BCUT2D eigenvalue weighted by Gasteiger charge is 2.12. The number of rotatable bonds is 5. The van der Waals surface area contributed by atoms with Gasteiger partial charge in [0, 0.05) is 10.9 Å². The van der Waals surface area contributed by atoms with Crippen molar-refractivity contribution >= 4 is 22.7 Å². The Bertz CT molecular complexity index is 1060. The molecule has 0 spiro atoms. The molecule has 0 bridgehead atoms. The zero-order valence-electron chi connectivity index (χ0n) is 14.3. The van der Waals surface area contributed by atoms with E-state index in [4.69, 9.17) is 9.26 Å². The maximum Gasteiger partial charge on any atom is 0.237 e. The van der Waals surface area contributed by atoms with Crippen LogP contribution in [0.4, 0.5) is 0 Å². The average Bonchev–Trinajstić information content (AvgIpc) is 3.15. The van der Waals surface area contributed by atoms with E-state index in [9.17, 15) is 0 Å². The molecule has 4 aromatic rings. The molecule has 6 nitrogen and oxygen atoms in total. The molecule has 2 aromatic heterocycles. The highest BCUT2D eigenvalue weighted by molar-refractivity contribution is 7.98. The summed E-state index contributed by atoms with van der Waals surface area (Å²) in [4.78, 5) is 13.5. The molecule has 0 aliphatic rings. The molecule has 0 radical (unpaired) electrons. The van der Waals surface area contributed by atoms with Crippen molar-refractivity contribution in [2.45, 2.75) is 17.7 Å². The largest absolute Gasteiger partial charge is 0.497 e. The molecule has 0 unspecified atom stereocenters. The summed E-state index contributed by atoms with van der Waals surface area (Å²) < 4.78 is 10.6. The first-order valence-electron chi connectivity index (χ1n) is 8.06. The van der Waals surface area contributed by atoms with Crippen LogP contribution in [0.1, 0.15) is 11.7 Å². The summed E-state index contributed by atoms with van der Waals surface area (Å²) in [7, 11) is 1.63. The van der Waals surface area contributed by atoms with Crippen molar-refractivity contribution < 1.29 is 9.26 Å². The Morgan fingerprint density at radius 3 is 2.81 bits per heavy atom. The number of benzene rings is 2. The zero-order chi connectivity index (χ0) is 17.9. The van der Waals surface area contributed by atoms with Gasteiger partial charge in [-0.05, 0) is 25.1 Å². The summed E-state index contributed by atoms with van der Waals surface area (Å²) in [6.07, 6.45) is 0. The van der Waals surface area contributed by atoms with E-state index in [1.807, 2.05) is 55.5 Å². The summed E-state index contributed by atoms with van der Waals surface area (Å²) in [6.45, 7) is 1.89. The van der Waals surface area contributed by atoms with E-state index in [2.05, 4.69) is 20.1 Å². The number of thioether (sulfide) groups is 1. The highest BCUT2D eigenvalue weighted by Crippen LogP contribution is 2.28. The molecule has 0 saturated heterocycles. The Morgan fingerprint density at radius 1 is 1.04 bits per heavy atom. The van der Waals surface area contributed by atoms with Crippen LogP contribution in [-0.4, -0.2) is 27.2 Å². The molecule has 0 amide bonds. The lowest BCUT2D eigenvalue weighted by atomic mass is 10.2. The monoisotopic (exact) mass is 364 g/mol. The lowest BCUT2D eigenvalue weighted by molar-refractivity contribution is 0.391. The Balaban J connectivity index is 1.55. The lowest BCUT2D eigenvalue weighted by Gasteiger charge is -2.04. The van der Waals surface area contributed by atoms with Gasteiger partial charge in [-0.25, -0.2) is 9.97 Å². The van der Waals surface area contributed by atoms with Gasteiger partial charge in [0.15, 0.2) is 0 Å². The van der Waals surface area contributed by atoms with E-state index in [-0.39, 0.29) is 0 Å². The summed E-state index contributed by atoms with van der Waals surface area (Å²) in [5.74, 6) is 3.13. The van der Waals surface area contributed by atoms with E-state index in [1.165, 1.54) is 0 Å². The number of para-hydroxylation sites is 1. The molecule has 0 aliphatic heterocycles. The number of hydrogen-bond acceptors (Lipinski definition) is 7. The minimum absolute atomic E-state index is 0.539.